The SMILES string of the molecule is C.CC[C@H]1CCC[C@H](O[C@H]2CC[C@H](N(C)C)C(C)O2)[C@@H](C)C(=O)C2=C[C@H]3[C@@H]4C[C@H](O[C@@H]5OC(C)[C@H](OC)C(OC)[C@@H]5OC)C[C@H]4[C@@H]4N[C@@H]4[C@H]3[C@@H]2CC(=O)O1.CC[C@H]1CCC[C@H](O[C@H]2CC[C@H](N(C)C)C(C)O2)[C@@H](C)C(=O)C2=C[C@H]3[C@@H]4C[C@H](O[C@@H]5OC(C)[C@H](OC)C(OC)[C@@H]5OC)C[C@H]4[C@H]4[C@@H]([C@H]3[C@@H]2CC(=O)O1)N4c1ccsc1.OB(O)c1ccsc1. The highest BCUT2D eigenvalue weighted by molar-refractivity contribution is 7.09. The summed E-state index contributed by atoms with van der Waals surface area (Å²) in [6.45, 7) is 16.4. The maximum atomic E-state index is 15.1. The zero-order chi connectivity index (χ0) is 84.7. The van der Waals surface area contributed by atoms with Gasteiger partial charge < -0.3 is 106 Å². The summed E-state index contributed by atoms with van der Waals surface area (Å²) in [7, 11) is 17.1. The van der Waals surface area contributed by atoms with E-state index in [0.717, 1.165) is 101 Å². The summed E-state index contributed by atoms with van der Waals surface area (Å²) in [4.78, 5) is 64.5. The number of hydrogen-bond acceptors (Lipinski definition) is 28. The first-order chi connectivity index (χ1) is 57.2. The number of nitrogens with zero attached hydrogens (tertiary/aromatic N) is 3. The smallest absolute Gasteiger partial charge is 0.462 e. The summed E-state index contributed by atoms with van der Waals surface area (Å²) >= 11 is 3.15. The molecule has 2 aromatic heterocycles. The molecule has 0 spiro atoms. The molecule has 6 unspecified atom stereocenters. The molecule has 14 aliphatic rings. The lowest BCUT2D eigenvalue weighted by Crippen LogP contribution is -2.59. The molecular formula is C91H143BN4O22S2. The quantitative estimate of drug-likeness (QED) is 0.0631. The fourth-order valence-corrected chi connectivity index (χ4v) is 25.6. The van der Waals surface area contributed by atoms with E-state index in [1.54, 1.807) is 70.8 Å². The molecule has 12 fully saturated rings. The number of carbonyl (C=O) groups excluding carboxylic acids is 4. The Labute approximate surface area is 721 Å². The first-order valence-corrected chi connectivity index (χ1v) is 46.7. The van der Waals surface area contributed by atoms with Crippen molar-refractivity contribution in [2.75, 3.05) is 75.7 Å². The van der Waals surface area contributed by atoms with Crippen LogP contribution in [0.25, 0.3) is 0 Å². The van der Waals surface area contributed by atoms with E-state index < -0.39 is 31.9 Å². The Morgan fingerprint density at radius 1 is 0.500 bits per heavy atom. The minimum atomic E-state index is -1.30. The largest absolute Gasteiger partial charge is 0.489 e. The molecule has 38 atom stereocenters. The maximum Gasteiger partial charge on any atom is 0.489 e. The third-order valence-electron chi connectivity index (χ3n) is 30.3. The van der Waals surface area contributed by atoms with Crippen LogP contribution in [0.2, 0.25) is 0 Å². The molecule has 10 heterocycles. The summed E-state index contributed by atoms with van der Waals surface area (Å²) in [5, 5.41) is 28.6. The van der Waals surface area contributed by atoms with E-state index in [-0.39, 0.29) is 207 Å². The van der Waals surface area contributed by atoms with Crippen molar-refractivity contribution in [1.29, 1.82) is 0 Å². The summed E-state index contributed by atoms with van der Waals surface area (Å²) in [5.41, 5.74) is 3.38. The van der Waals surface area contributed by atoms with E-state index in [0.29, 0.717) is 60.2 Å². The van der Waals surface area contributed by atoms with Crippen LogP contribution in [0, 0.1) is 71.0 Å². The summed E-state index contributed by atoms with van der Waals surface area (Å²) < 4.78 is 100. The molecule has 2 aromatic rings. The van der Waals surface area contributed by atoms with Crippen molar-refractivity contribution in [1.82, 2.24) is 15.1 Å². The maximum absolute atomic E-state index is 15.1. The van der Waals surface area contributed by atoms with Crippen molar-refractivity contribution < 1.29 is 105 Å². The number of cyclic esters (lactones) is 2. The number of hydrogen-bond donors (Lipinski definition) is 3. The molecule has 0 radical (unpaired) electrons. The molecule has 16 rings (SSSR count). The van der Waals surface area contributed by atoms with Crippen LogP contribution in [0.3, 0.4) is 0 Å². The monoisotopic (exact) mass is 1720 g/mol. The van der Waals surface area contributed by atoms with Crippen molar-refractivity contribution in [3.05, 3.63) is 57.0 Å². The van der Waals surface area contributed by atoms with Gasteiger partial charge in [-0.2, -0.15) is 22.7 Å². The summed E-state index contributed by atoms with van der Waals surface area (Å²) in [6.07, 6.45) is 12.7. The number of ether oxygens (including phenoxy) is 16. The van der Waals surface area contributed by atoms with Gasteiger partial charge in [0.05, 0.1) is 73.8 Å². The van der Waals surface area contributed by atoms with Gasteiger partial charge in [0.15, 0.2) is 36.7 Å². The van der Waals surface area contributed by atoms with E-state index in [2.05, 4.69) is 105 Å². The second-order valence-corrected chi connectivity index (χ2v) is 38.8. The second-order valence-electron chi connectivity index (χ2n) is 37.2. The Balaban J connectivity index is 0.000000189. The average molecular weight is 1720 g/mol. The zero-order valence-electron chi connectivity index (χ0n) is 73.6. The van der Waals surface area contributed by atoms with Crippen molar-refractivity contribution in [2.45, 2.75) is 337 Å². The number of anilines is 1. The molecule has 26 nitrogen and oxygen atoms in total. The highest BCUT2D eigenvalue weighted by Crippen LogP contribution is 2.66. The lowest BCUT2D eigenvalue weighted by atomic mass is 9.66. The van der Waals surface area contributed by atoms with Crippen LogP contribution >= 0.6 is 22.7 Å². The second kappa shape index (κ2) is 41.1. The van der Waals surface area contributed by atoms with Gasteiger partial charge in [-0.3, -0.25) is 19.2 Å². The van der Waals surface area contributed by atoms with E-state index in [9.17, 15) is 14.4 Å². The number of rotatable bonds is 20. The van der Waals surface area contributed by atoms with E-state index >= 15 is 4.79 Å². The lowest BCUT2D eigenvalue weighted by Gasteiger charge is -2.44. The van der Waals surface area contributed by atoms with Crippen molar-refractivity contribution in [3.8, 4) is 0 Å². The Morgan fingerprint density at radius 2 is 0.942 bits per heavy atom. The Bertz CT molecular complexity index is 3710. The fraction of sp³-hybridized carbons (Fsp3) is 0.824. The predicted molar refractivity (Wildman–Crippen MR) is 456 cm³/mol. The van der Waals surface area contributed by atoms with Crippen LogP contribution in [-0.2, 0) is 95.0 Å². The Kier molecular flexibility index (Phi) is 32.2. The van der Waals surface area contributed by atoms with Gasteiger partial charge in [-0.1, -0.05) is 53.3 Å². The zero-order valence-corrected chi connectivity index (χ0v) is 75.2. The van der Waals surface area contributed by atoms with E-state index in [4.69, 9.17) is 85.8 Å². The average Bonchev–Trinajstić information content (AvgIpc) is 1.51. The van der Waals surface area contributed by atoms with Crippen LogP contribution in [0.4, 0.5) is 5.69 Å². The Morgan fingerprint density at radius 3 is 1.36 bits per heavy atom. The van der Waals surface area contributed by atoms with Gasteiger partial charge in [-0.15, -0.1) is 0 Å². The van der Waals surface area contributed by atoms with Crippen molar-refractivity contribution in [3.63, 3.8) is 0 Å². The number of thiophene rings is 2. The van der Waals surface area contributed by atoms with Crippen LogP contribution in [0.1, 0.15) is 178 Å². The van der Waals surface area contributed by atoms with E-state index in [1.807, 2.05) is 27.7 Å². The number of ketones is 2. The third kappa shape index (κ3) is 19.8. The number of Topliss-reactive ketones (excluding diaryl/α,β-unsaturated/α-hetero) is 2. The number of carbonyl (C=O) groups is 4. The molecule has 8 saturated heterocycles. The number of likely N-dealkylation sites (N-methyl/N-ethyl adjacent to an activating group) is 2. The molecular weight excluding hydrogens is 1580 g/mol. The van der Waals surface area contributed by atoms with Gasteiger partial charge in [-0.25, -0.2) is 0 Å². The molecule has 3 N–H and O–H groups in total. The molecule has 8 aliphatic heterocycles. The first-order valence-electron chi connectivity index (χ1n) is 44.8. The van der Waals surface area contributed by atoms with Crippen LogP contribution in [0.15, 0.2) is 57.0 Å². The molecule has 0 amide bonds. The lowest BCUT2D eigenvalue weighted by molar-refractivity contribution is -0.314. The number of allylic oxidation sites excluding steroid dienone is 4. The highest BCUT2D eigenvalue weighted by atomic mass is 32.1. The minimum Gasteiger partial charge on any atom is -0.462 e. The van der Waals surface area contributed by atoms with Crippen LogP contribution < -0.4 is 15.7 Å². The molecule has 6 aliphatic carbocycles. The molecule has 674 valence electrons. The number of esters is 2. The molecule has 0 aromatic carbocycles. The molecule has 120 heavy (non-hydrogen) atoms. The predicted octanol–water partition coefficient (Wildman–Crippen LogP) is 10.6. The van der Waals surface area contributed by atoms with Crippen molar-refractivity contribution >= 4 is 64.4 Å². The number of fused-ring (bicyclic) bond motifs is 16. The number of nitrogens with one attached hydrogen (secondary N) is 1. The van der Waals surface area contributed by atoms with Gasteiger partial charge in [0.25, 0.3) is 0 Å². The Hall–Kier alpha value is -3.74. The van der Waals surface area contributed by atoms with Crippen molar-refractivity contribution in [2.24, 2.45) is 71.0 Å². The van der Waals surface area contributed by atoms with Crippen LogP contribution in [0.5, 0.6) is 0 Å². The molecule has 0 bridgehead atoms. The standard InChI is InChI=1S/C45H68N2O10S.C41H66N2O10.C4H5BO2S.CH4/c1-10-27-12-11-13-35(57-37-15-14-34(46(5)6)24(3)53-37)23(2)41(49)33-20-30-29-18-28(56-45-44(52-9)43(51-8)42(50-7)25(4)54-45)19-32(29)39-40(47(39)26-16-17-58-22-26)38(30)31(33)21-36(48)55-27;1-10-23-12-11-13-31(53-33-15-14-30(43(5)6)21(3)49-33)20(2)37(45)29-18-26-25-16-24(52-41-40(48-9)39(47-8)38(46-7)22(4)50-41)17-28(25)35-36(42-35)34(26)27(29)19-32(44)51-23;6-5(7)4-1-2-8-3-4;/h16-17,20,22-25,27-32,34-35,37-40,42-45H,10-15,18-19,21H2,1-9H3;18,20-28,30-31,33-36,38-42H,10-17,19H2,1-9H3;1-3,6-7H;1H4/t23-,24?,25?,27+,28+,29+,30+,31-,32-,34+,35+,37+,38-,39+,40-,42+,43?,44+,45+,47?;20-,21?,22?,23+,24+,25+,26+,27-,28-,30+,31+,33+,34-,35+,36-,38+,39?,40+,41+;;/m11../s1. The topological polar surface area (TPSA) is 288 Å². The van der Waals surface area contributed by atoms with Gasteiger partial charge >= 0.3 is 19.1 Å². The first kappa shape index (κ1) is 93.9. The summed E-state index contributed by atoms with van der Waals surface area (Å²) in [6, 6.07) is 5.68. The normalized spacial score (nSPS) is 44.2. The highest BCUT2D eigenvalue weighted by Gasteiger charge is 2.70. The summed E-state index contributed by atoms with van der Waals surface area (Å²) in [5.74, 6) is 0.586. The van der Waals surface area contributed by atoms with Gasteiger partial charge in [0.2, 0.25) is 0 Å². The van der Waals surface area contributed by atoms with Gasteiger partial charge in [0.1, 0.15) is 48.8 Å². The molecule has 4 saturated carbocycles. The fourth-order valence-electron chi connectivity index (χ4n) is 24.3. The van der Waals surface area contributed by atoms with Gasteiger partial charge in [-0.05, 0) is 245 Å². The number of methoxy groups -OCH3 is 6. The van der Waals surface area contributed by atoms with Gasteiger partial charge in [0, 0.05) is 102 Å². The van der Waals surface area contributed by atoms with E-state index in [1.165, 1.54) is 17.0 Å². The minimum absolute atomic E-state index is 0. The van der Waals surface area contributed by atoms with Crippen LogP contribution in [-0.4, -0.2) is 280 Å². The molecule has 29 heteroatoms. The third-order valence-corrected chi connectivity index (χ3v) is 31.6.